The Labute approximate surface area is 115 Å². The van der Waals surface area contributed by atoms with E-state index in [-0.39, 0.29) is 12.3 Å². The van der Waals surface area contributed by atoms with E-state index >= 15 is 0 Å². The lowest BCUT2D eigenvalue weighted by Crippen LogP contribution is -2.48. The van der Waals surface area contributed by atoms with Crippen LogP contribution >= 0.6 is 0 Å². The van der Waals surface area contributed by atoms with Crippen molar-refractivity contribution in [1.29, 1.82) is 0 Å². The van der Waals surface area contributed by atoms with Crippen LogP contribution in [0.4, 0.5) is 0 Å². The molecular weight excluding hydrogens is 244 g/mol. The van der Waals surface area contributed by atoms with E-state index in [4.69, 9.17) is 20.1 Å². The van der Waals surface area contributed by atoms with Crippen molar-refractivity contribution >= 4 is 0 Å². The molecule has 0 radical (unpaired) electrons. The Hall–Kier alpha value is -1.14. The van der Waals surface area contributed by atoms with Crippen molar-refractivity contribution in [3.8, 4) is 5.75 Å². The molecule has 0 aliphatic heterocycles. The number of hydrogen-bond acceptors (Lipinski definition) is 5. The number of hydrogen-bond donors (Lipinski definition) is 2. The Bertz CT molecular complexity index is 354. The van der Waals surface area contributed by atoms with Crippen LogP contribution in [0, 0.1) is 0 Å². The van der Waals surface area contributed by atoms with Crippen molar-refractivity contribution in [3.63, 3.8) is 0 Å². The molecule has 0 spiro atoms. The summed E-state index contributed by atoms with van der Waals surface area (Å²) < 4.78 is 16.5. The van der Waals surface area contributed by atoms with E-state index in [1.807, 2.05) is 38.1 Å². The van der Waals surface area contributed by atoms with E-state index < -0.39 is 0 Å². The van der Waals surface area contributed by atoms with Gasteiger partial charge in [0.05, 0.1) is 13.2 Å². The predicted molar refractivity (Wildman–Crippen MR) is 74.8 cm³/mol. The average molecular weight is 268 g/mol. The van der Waals surface area contributed by atoms with Crippen LogP contribution in [-0.2, 0) is 15.9 Å². The highest BCUT2D eigenvalue weighted by molar-refractivity contribution is 5.33. The summed E-state index contributed by atoms with van der Waals surface area (Å²) in [6, 6.07) is 7.73. The van der Waals surface area contributed by atoms with Crippen LogP contribution < -0.4 is 16.0 Å². The van der Waals surface area contributed by atoms with Gasteiger partial charge in [0.25, 0.3) is 0 Å². The standard InChI is InChI=1S/C14H24N2O3/c1-4-18-14(19-5-2)12(16-15)10-11-8-6-7-9-13(11)17-3/h6-9,12,14,16H,4-5,10,15H2,1-3H3. The van der Waals surface area contributed by atoms with Crippen molar-refractivity contribution in [1.82, 2.24) is 5.43 Å². The number of methoxy groups -OCH3 is 1. The van der Waals surface area contributed by atoms with E-state index in [1.54, 1.807) is 7.11 Å². The maximum atomic E-state index is 5.62. The van der Waals surface area contributed by atoms with Gasteiger partial charge in [-0.1, -0.05) is 18.2 Å². The molecule has 1 unspecified atom stereocenters. The largest absolute Gasteiger partial charge is 0.496 e. The summed E-state index contributed by atoms with van der Waals surface area (Å²) in [5, 5.41) is 0. The summed E-state index contributed by atoms with van der Waals surface area (Å²) in [5.74, 6) is 6.46. The highest BCUT2D eigenvalue weighted by atomic mass is 16.7. The smallest absolute Gasteiger partial charge is 0.174 e. The average Bonchev–Trinajstić information content (AvgIpc) is 2.45. The zero-order valence-electron chi connectivity index (χ0n) is 11.9. The van der Waals surface area contributed by atoms with Gasteiger partial charge in [0.2, 0.25) is 0 Å². The highest BCUT2D eigenvalue weighted by Crippen LogP contribution is 2.20. The second-order valence-corrected chi connectivity index (χ2v) is 4.07. The molecule has 5 heteroatoms. The Morgan fingerprint density at radius 3 is 2.32 bits per heavy atom. The minimum atomic E-state index is -0.370. The third-order valence-electron chi connectivity index (χ3n) is 2.84. The van der Waals surface area contributed by atoms with Crippen LogP contribution in [0.25, 0.3) is 0 Å². The van der Waals surface area contributed by atoms with E-state index in [2.05, 4.69) is 5.43 Å². The topological polar surface area (TPSA) is 65.7 Å². The van der Waals surface area contributed by atoms with Crippen molar-refractivity contribution in [2.24, 2.45) is 5.84 Å². The van der Waals surface area contributed by atoms with Crippen LogP contribution in [0.3, 0.4) is 0 Å². The minimum Gasteiger partial charge on any atom is -0.496 e. The Morgan fingerprint density at radius 1 is 1.16 bits per heavy atom. The lowest BCUT2D eigenvalue weighted by molar-refractivity contribution is -0.153. The van der Waals surface area contributed by atoms with Gasteiger partial charge < -0.3 is 14.2 Å². The van der Waals surface area contributed by atoms with Crippen molar-refractivity contribution in [2.75, 3.05) is 20.3 Å². The second-order valence-electron chi connectivity index (χ2n) is 4.07. The molecule has 0 aliphatic carbocycles. The van der Waals surface area contributed by atoms with Crippen molar-refractivity contribution in [3.05, 3.63) is 29.8 Å². The first-order valence-corrected chi connectivity index (χ1v) is 6.58. The van der Waals surface area contributed by atoms with Gasteiger partial charge in [0, 0.05) is 13.2 Å². The molecule has 1 rings (SSSR count). The molecule has 0 heterocycles. The number of benzene rings is 1. The van der Waals surface area contributed by atoms with Gasteiger partial charge in [-0.25, -0.2) is 0 Å². The van der Waals surface area contributed by atoms with Gasteiger partial charge >= 0.3 is 0 Å². The SMILES string of the molecule is CCOC(OCC)C(Cc1ccccc1OC)NN. The van der Waals surface area contributed by atoms with Gasteiger partial charge in [-0.3, -0.25) is 11.3 Å². The minimum absolute atomic E-state index is 0.129. The molecule has 3 N–H and O–H groups in total. The molecule has 1 aromatic rings. The fourth-order valence-corrected chi connectivity index (χ4v) is 1.95. The summed E-state index contributed by atoms with van der Waals surface area (Å²) in [5.41, 5.74) is 3.83. The van der Waals surface area contributed by atoms with Crippen LogP contribution in [0.15, 0.2) is 24.3 Å². The maximum Gasteiger partial charge on any atom is 0.174 e. The molecule has 0 bridgehead atoms. The molecule has 0 saturated heterocycles. The van der Waals surface area contributed by atoms with E-state index in [0.717, 1.165) is 11.3 Å². The fraction of sp³-hybridized carbons (Fsp3) is 0.571. The van der Waals surface area contributed by atoms with E-state index in [1.165, 1.54) is 0 Å². The van der Waals surface area contributed by atoms with Crippen LogP contribution in [0.5, 0.6) is 5.75 Å². The molecule has 5 nitrogen and oxygen atoms in total. The normalized spacial score (nSPS) is 12.7. The van der Waals surface area contributed by atoms with Crippen molar-refractivity contribution in [2.45, 2.75) is 32.6 Å². The Morgan fingerprint density at radius 2 is 1.79 bits per heavy atom. The molecule has 1 atom stereocenters. The first-order chi connectivity index (χ1) is 9.26. The lowest BCUT2D eigenvalue weighted by atomic mass is 10.0. The van der Waals surface area contributed by atoms with Gasteiger partial charge in [0.15, 0.2) is 6.29 Å². The number of nitrogens with two attached hydrogens (primary N) is 1. The van der Waals surface area contributed by atoms with Gasteiger partial charge in [0.1, 0.15) is 5.75 Å². The molecule has 0 saturated carbocycles. The molecule has 108 valence electrons. The molecule has 19 heavy (non-hydrogen) atoms. The molecule has 0 aliphatic rings. The van der Waals surface area contributed by atoms with Gasteiger partial charge in [-0.05, 0) is 31.9 Å². The van der Waals surface area contributed by atoms with E-state index in [9.17, 15) is 0 Å². The van der Waals surface area contributed by atoms with Crippen LogP contribution in [0.2, 0.25) is 0 Å². The summed E-state index contributed by atoms with van der Waals surface area (Å²) in [6.07, 6.45) is 0.301. The molecule has 0 aromatic heterocycles. The van der Waals surface area contributed by atoms with Crippen molar-refractivity contribution < 1.29 is 14.2 Å². The number of para-hydroxylation sites is 1. The van der Waals surface area contributed by atoms with Gasteiger partial charge in [-0.2, -0.15) is 0 Å². The third-order valence-corrected chi connectivity index (χ3v) is 2.84. The number of nitrogens with one attached hydrogen (secondary N) is 1. The predicted octanol–water partition coefficient (Wildman–Crippen LogP) is 1.47. The quantitative estimate of drug-likeness (QED) is 0.403. The summed E-state index contributed by atoms with van der Waals surface area (Å²) >= 11 is 0. The summed E-state index contributed by atoms with van der Waals surface area (Å²) in [4.78, 5) is 0. The second kappa shape index (κ2) is 8.87. The van der Waals surface area contributed by atoms with Gasteiger partial charge in [-0.15, -0.1) is 0 Å². The summed E-state index contributed by atoms with van der Waals surface area (Å²) in [7, 11) is 1.66. The highest BCUT2D eigenvalue weighted by Gasteiger charge is 2.22. The molecule has 0 amide bonds. The molecule has 1 aromatic carbocycles. The van der Waals surface area contributed by atoms with Crippen LogP contribution in [-0.4, -0.2) is 32.7 Å². The number of hydrazine groups is 1. The third kappa shape index (κ3) is 4.80. The summed E-state index contributed by atoms with van der Waals surface area (Å²) in [6.45, 7) is 5.02. The van der Waals surface area contributed by atoms with E-state index in [0.29, 0.717) is 19.6 Å². The zero-order valence-corrected chi connectivity index (χ0v) is 11.9. The first-order valence-electron chi connectivity index (χ1n) is 6.58. The Balaban J connectivity index is 2.78. The molecular formula is C14H24N2O3. The van der Waals surface area contributed by atoms with Crippen LogP contribution in [0.1, 0.15) is 19.4 Å². The zero-order chi connectivity index (χ0) is 14.1. The fourth-order valence-electron chi connectivity index (χ4n) is 1.95. The number of rotatable bonds is 9. The Kier molecular flexibility index (Phi) is 7.43. The molecule has 0 fully saturated rings. The monoisotopic (exact) mass is 268 g/mol. The lowest BCUT2D eigenvalue weighted by Gasteiger charge is -2.26. The maximum absolute atomic E-state index is 5.62. The number of ether oxygens (including phenoxy) is 3. The first kappa shape index (κ1) is 15.9.